The SMILES string of the molecule is CC(C)NCC/C=C/c1ccncc1F. The van der Waals surface area contributed by atoms with Crippen molar-refractivity contribution in [2.45, 2.75) is 26.3 Å². The van der Waals surface area contributed by atoms with Crippen LogP contribution in [0.25, 0.3) is 6.08 Å². The van der Waals surface area contributed by atoms with Crippen molar-refractivity contribution in [2.75, 3.05) is 6.54 Å². The third-order valence-electron chi connectivity index (χ3n) is 1.96. The molecule has 1 N–H and O–H groups in total. The average Bonchev–Trinajstić information content (AvgIpc) is 2.20. The second kappa shape index (κ2) is 6.30. The van der Waals surface area contributed by atoms with Gasteiger partial charge in [0.05, 0.1) is 6.20 Å². The van der Waals surface area contributed by atoms with Crippen LogP contribution < -0.4 is 5.32 Å². The molecule has 0 spiro atoms. The van der Waals surface area contributed by atoms with Gasteiger partial charge in [-0.25, -0.2) is 4.39 Å². The summed E-state index contributed by atoms with van der Waals surface area (Å²) in [6.45, 7) is 5.12. The van der Waals surface area contributed by atoms with E-state index in [0.717, 1.165) is 13.0 Å². The molecule has 0 bridgehead atoms. The summed E-state index contributed by atoms with van der Waals surface area (Å²) in [5.74, 6) is -0.273. The Labute approximate surface area is 90.2 Å². The van der Waals surface area contributed by atoms with Crippen LogP contribution in [0.15, 0.2) is 24.5 Å². The van der Waals surface area contributed by atoms with Gasteiger partial charge in [0.1, 0.15) is 5.82 Å². The molecule has 1 rings (SSSR count). The maximum atomic E-state index is 13.1. The molecule has 15 heavy (non-hydrogen) atoms. The standard InChI is InChI=1S/C12H17FN2/c1-10(2)15-7-4-3-5-11-6-8-14-9-12(11)13/h3,5-6,8-10,15H,4,7H2,1-2H3/b5-3+. The Kier molecular flexibility index (Phi) is 4.98. The lowest BCUT2D eigenvalue weighted by Gasteiger charge is -2.04. The molecular weight excluding hydrogens is 191 g/mol. The van der Waals surface area contributed by atoms with Crippen LogP contribution in [0.1, 0.15) is 25.8 Å². The molecule has 0 atom stereocenters. The van der Waals surface area contributed by atoms with Gasteiger partial charge in [-0.1, -0.05) is 26.0 Å². The smallest absolute Gasteiger partial charge is 0.148 e. The first-order valence-corrected chi connectivity index (χ1v) is 5.19. The van der Waals surface area contributed by atoms with Crippen molar-refractivity contribution in [1.29, 1.82) is 0 Å². The van der Waals surface area contributed by atoms with Crippen molar-refractivity contribution in [3.63, 3.8) is 0 Å². The first kappa shape index (κ1) is 11.9. The lowest BCUT2D eigenvalue weighted by Crippen LogP contribution is -2.23. The minimum atomic E-state index is -0.273. The summed E-state index contributed by atoms with van der Waals surface area (Å²) in [6, 6.07) is 2.16. The quantitative estimate of drug-likeness (QED) is 0.752. The Balaban J connectivity index is 2.35. The Morgan fingerprint density at radius 3 is 3.00 bits per heavy atom. The Morgan fingerprint density at radius 2 is 2.33 bits per heavy atom. The van der Waals surface area contributed by atoms with Crippen LogP contribution in [0, 0.1) is 5.82 Å². The zero-order valence-corrected chi connectivity index (χ0v) is 9.20. The summed E-state index contributed by atoms with van der Waals surface area (Å²) in [4.78, 5) is 3.69. The van der Waals surface area contributed by atoms with Gasteiger partial charge in [0.15, 0.2) is 0 Å². The molecule has 0 aliphatic carbocycles. The predicted octanol–water partition coefficient (Wildman–Crippen LogP) is 2.62. The van der Waals surface area contributed by atoms with Gasteiger partial charge in [-0.3, -0.25) is 4.98 Å². The molecule has 0 aliphatic rings. The van der Waals surface area contributed by atoms with Crippen LogP contribution in [-0.2, 0) is 0 Å². The van der Waals surface area contributed by atoms with Crippen LogP contribution in [0.5, 0.6) is 0 Å². The van der Waals surface area contributed by atoms with Crippen LogP contribution in [0.2, 0.25) is 0 Å². The van der Waals surface area contributed by atoms with Crippen molar-refractivity contribution in [3.05, 3.63) is 35.9 Å². The molecule has 0 radical (unpaired) electrons. The van der Waals surface area contributed by atoms with Crippen LogP contribution in [-0.4, -0.2) is 17.6 Å². The molecule has 2 nitrogen and oxygen atoms in total. The normalized spacial score (nSPS) is 11.5. The second-order valence-corrected chi connectivity index (χ2v) is 3.70. The third-order valence-corrected chi connectivity index (χ3v) is 1.96. The van der Waals surface area contributed by atoms with E-state index in [0.29, 0.717) is 11.6 Å². The fraction of sp³-hybridized carbons (Fsp3) is 0.417. The van der Waals surface area contributed by atoms with E-state index >= 15 is 0 Å². The highest BCUT2D eigenvalue weighted by atomic mass is 19.1. The molecule has 0 aromatic carbocycles. The molecule has 1 aromatic rings. The fourth-order valence-corrected chi connectivity index (χ4v) is 1.19. The molecule has 0 unspecified atom stereocenters. The van der Waals surface area contributed by atoms with E-state index in [-0.39, 0.29) is 5.82 Å². The number of hydrogen-bond acceptors (Lipinski definition) is 2. The summed E-state index contributed by atoms with van der Waals surface area (Å²) in [7, 11) is 0. The minimum Gasteiger partial charge on any atom is -0.314 e. The lowest BCUT2D eigenvalue weighted by atomic mass is 10.2. The molecule has 1 heterocycles. The van der Waals surface area contributed by atoms with E-state index in [1.165, 1.54) is 6.20 Å². The fourth-order valence-electron chi connectivity index (χ4n) is 1.19. The van der Waals surface area contributed by atoms with Gasteiger partial charge in [0.2, 0.25) is 0 Å². The van der Waals surface area contributed by atoms with Crippen LogP contribution >= 0.6 is 0 Å². The first-order chi connectivity index (χ1) is 7.20. The second-order valence-electron chi connectivity index (χ2n) is 3.70. The highest BCUT2D eigenvalue weighted by molar-refractivity contribution is 5.48. The summed E-state index contributed by atoms with van der Waals surface area (Å²) < 4.78 is 13.1. The van der Waals surface area contributed by atoms with E-state index in [2.05, 4.69) is 24.1 Å². The average molecular weight is 208 g/mol. The Bertz CT molecular complexity index is 321. The van der Waals surface area contributed by atoms with Gasteiger partial charge in [-0.15, -0.1) is 0 Å². The third kappa shape index (κ3) is 4.70. The molecule has 82 valence electrons. The molecule has 0 saturated carbocycles. The van der Waals surface area contributed by atoms with Crippen LogP contribution in [0.4, 0.5) is 4.39 Å². The molecule has 0 aliphatic heterocycles. The van der Waals surface area contributed by atoms with E-state index in [1.807, 2.05) is 6.08 Å². The summed E-state index contributed by atoms with van der Waals surface area (Å²) in [5, 5.41) is 3.29. The van der Waals surface area contributed by atoms with E-state index < -0.39 is 0 Å². The monoisotopic (exact) mass is 208 g/mol. The minimum absolute atomic E-state index is 0.273. The molecule has 3 heteroatoms. The molecule has 1 aromatic heterocycles. The largest absolute Gasteiger partial charge is 0.314 e. The topological polar surface area (TPSA) is 24.9 Å². The highest BCUT2D eigenvalue weighted by Gasteiger charge is 1.95. The van der Waals surface area contributed by atoms with E-state index in [9.17, 15) is 4.39 Å². The van der Waals surface area contributed by atoms with Crippen molar-refractivity contribution >= 4 is 6.08 Å². The number of aromatic nitrogens is 1. The number of rotatable bonds is 5. The highest BCUT2D eigenvalue weighted by Crippen LogP contribution is 2.06. The maximum absolute atomic E-state index is 13.1. The van der Waals surface area contributed by atoms with Gasteiger partial charge in [0.25, 0.3) is 0 Å². The van der Waals surface area contributed by atoms with Crippen molar-refractivity contribution < 1.29 is 4.39 Å². The summed E-state index contributed by atoms with van der Waals surface area (Å²) in [5.41, 5.74) is 0.592. The predicted molar refractivity (Wildman–Crippen MR) is 61.0 cm³/mol. The first-order valence-electron chi connectivity index (χ1n) is 5.19. The van der Waals surface area contributed by atoms with Gasteiger partial charge in [0, 0.05) is 17.8 Å². The number of hydrogen-bond donors (Lipinski definition) is 1. The molecule has 0 saturated heterocycles. The maximum Gasteiger partial charge on any atom is 0.148 e. The van der Waals surface area contributed by atoms with Crippen LogP contribution in [0.3, 0.4) is 0 Å². The van der Waals surface area contributed by atoms with Gasteiger partial charge >= 0.3 is 0 Å². The van der Waals surface area contributed by atoms with Crippen molar-refractivity contribution in [1.82, 2.24) is 10.3 Å². The Morgan fingerprint density at radius 1 is 1.53 bits per heavy atom. The Hall–Kier alpha value is -1.22. The number of nitrogens with one attached hydrogen (secondary N) is 1. The molecular formula is C12H17FN2. The van der Waals surface area contributed by atoms with E-state index in [1.54, 1.807) is 18.3 Å². The summed E-state index contributed by atoms with van der Waals surface area (Å²) in [6.07, 6.45) is 7.48. The van der Waals surface area contributed by atoms with Gasteiger partial charge < -0.3 is 5.32 Å². The summed E-state index contributed by atoms with van der Waals surface area (Å²) >= 11 is 0. The number of halogens is 1. The zero-order chi connectivity index (χ0) is 11.1. The van der Waals surface area contributed by atoms with Crippen molar-refractivity contribution in [3.8, 4) is 0 Å². The zero-order valence-electron chi connectivity index (χ0n) is 9.20. The van der Waals surface area contributed by atoms with E-state index in [4.69, 9.17) is 0 Å². The van der Waals surface area contributed by atoms with Crippen molar-refractivity contribution in [2.24, 2.45) is 0 Å². The van der Waals surface area contributed by atoms with Gasteiger partial charge in [-0.2, -0.15) is 0 Å². The van der Waals surface area contributed by atoms with Gasteiger partial charge in [-0.05, 0) is 19.0 Å². The number of nitrogens with zero attached hydrogens (tertiary/aromatic N) is 1. The molecule has 0 fully saturated rings. The molecule has 0 amide bonds. The number of pyridine rings is 1. The lowest BCUT2D eigenvalue weighted by molar-refractivity contribution is 0.595.